The first-order valence-electron chi connectivity index (χ1n) is 6.38. The predicted octanol–water partition coefficient (Wildman–Crippen LogP) is 1.77. The summed E-state index contributed by atoms with van der Waals surface area (Å²) in [5.74, 6) is 1.28. The van der Waals surface area contributed by atoms with E-state index in [0.717, 1.165) is 24.4 Å². The van der Waals surface area contributed by atoms with E-state index in [0.29, 0.717) is 17.2 Å². The molecule has 0 radical (unpaired) electrons. The van der Waals surface area contributed by atoms with Crippen molar-refractivity contribution in [2.75, 3.05) is 5.73 Å². The molecule has 0 saturated heterocycles. The number of aromatic nitrogens is 4. The van der Waals surface area contributed by atoms with Crippen molar-refractivity contribution in [1.82, 2.24) is 20.2 Å². The number of tetrazole rings is 1. The Kier molecular flexibility index (Phi) is 2.88. The number of hydrogen-bond donors (Lipinski definition) is 1. The van der Waals surface area contributed by atoms with Crippen LogP contribution in [0.25, 0.3) is 5.69 Å². The molecule has 0 amide bonds. The van der Waals surface area contributed by atoms with Crippen LogP contribution in [0.15, 0.2) is 18.2 Å². The molecule has 1 aromatic carbocycles. The van der Waals surface area contributed by atoms with Crippen LogP contribution in [0.1, 0.15) is 43.0 Å². The molecule has 0 unspecified atom stereocenters. The molecular weight excluding hydrogens is 240 g/mol. The Hall–Kier alpha value is -2.42. The second-order valence-electron chi connectivity index (χ2n) is 4.82. The highest BCUT2D eigenvalue weighted by Crippen LogP contribution is 2.34. The molecule has 1 saturated carbocycles. The molecule has 6 nitrogen and oxygen atoms in total. The lowest BCUT2D eigenvalue weighted by Gasteiger charge is -2.11. The van der Waals surface area contributed by atoms with E-state index in [-0.39, 0.29) is 0 Å². The number of benzene rings is 1. The van der Waals surface area contributed by atoms with E-state index in [9.17, 15) is 0 Å². The van der Waals surface area contributed by atoms with E-state index in [4.69, 9.17) is 11.0 Å². The Labute approximate surface area is 110 Å². The highest BCUT2D eigenvalue weighted by atomic mass is 15.5. The summed E-state index contributed by atoms with van der Waals surface area (Å²) in [7, 11) is 0. The van der Waals surface area contributed by atoms with E-state index in [1.165, 1.54) is 12.8 Å². The molecule has 1 aromatic heterocycles. The molecular formula is C13H14N6. The van der Waals surface area contributed by atoms with Gasteiger partial charge >= 0.3 is 0 Å². The third-order valence-electron chi connectivity index (χ3n) is 3.60. The molecule has 96 valence electrons. The molecule has 3 rings (SSSR count). The van der Waals surface area contributed by atoms with Gasteiger partial charge in [-0.1, -0.05) is 12.8 Å². The average Bonchev–Trinajstić information content (AvgIpc) is 3.08. The van der Waals surface area contributed by atoms with Crippen molar-refractivity contribution in [3.05, 3.63) is 29.6 Å². The van der Waals surface area contributed by atoms with Gasteiger partial charge in [-0.05, 0) is 41.5 Å². The zero-order valence-corrected chi connectivity index (χ0v) is 10.5. The third kappa shape index (κ3) is 2.03. The summed E-state index contributed by atoms with van der Waals surface area (Å²) < 4.78 is 1.70. The summed E-state index contributed by atoms with van der Waals surface area (Å²) in [5, 5.41) is 20.8. The fourth-order valence-corrected chi connectivity index (χ4v) is 2.62. The lowest BCUT2D eigenvalue weighted by atomic mass is 10.1. The SMILES string of the molecule is N#Cc1ccc(-n2nnnc2C2CCCC2)c(N)c1. The topological polar surface area (TPSA) is 93.4 Å². The van der Waals surface area contributed by atoms with Gasteiger partial charge in [0, 0.05) is 5.92 Å². The molecule has 0 aliphatic heterocycles. The van der Waals surface area contributed by atoms with Crippen molar-refractivity contribution in [2.24, 2.45) is 0 Å². The minimum atomic E-state index is 0.407. The number of hydrogen-bond acceptors (Lipinski definition) is 5. The van der Waals surface area contributed by atoms with Crippen molar-refractivity contribution >= 4 is 5.69 Å². The van der Waals surface area contributed by atoms with Gasteiger partial charge in [-0.25, -0.2) is 0 Å². The Morgan fingerprint density at radius 3 is 2.79 bits per heavy atom. The monoisotopic (exact) mass is 254 g/mol. The van der Waals surface area contributed by atoms with Crippen molar-refractivity contribution in [1.29, 1.82) is 5.26 Å². The number of nitrogens with two attached hydrogens (primary N) is 1. The fraction of sp³-hybridized carbons (Fsp3) is 0.385. The van der Waals surface area contributed by atoms with E-state index in [1.807, 2.05) is 0 Å². The highest BCUT2D eigenvalue weighted by molar-refractivity contribution is 5.60. The van der Waals surface area contributed by atoms with Crippen LogP contribution in [-0.4, -0.2) is 20.2 Å². The Morgan fingerprint density at radius 2 is 2.11 bits per heavy atom. The molecule has 2 N–H and O–H groups in total. The standard InChI is InChI=1S/C13H14N6/c14-8-9-5-6-12(11(15)7-9)19-13(16-17-18-19)10-3-1-2-4-10/h5-7,10H,1-4,15H2. The van der Waals surface area contributed by atoms with Crippen LogP contribution in [0.5, 0.6) is 0 Å². The van der Waals surface area contributed by atoms with Gasteiger partial charge in [0.25, 0.3) is 0 Å². The quantitative estimate of drug-likeness (QED) is 0.824. The number of rotatable bonds is 2. The first kappa shape index (κ1) is 11.7. The largest absolute Gasteiger partial charge is 0.397 e. The Morgan fingerprint density at radius 1 is 1.32 bits per heavy atom. The fourth-order valence-electron chi connectivity index (χ4n) is 2.62. The molecule has 1 heterocycles. The van der Waals surface area contributed by atoms with Gasteiger partial charge < -0.3 is 5.73 Å². The molecule has 0 spiro atoms. The maximum absolute atomic E-state index is 8.86. The van der Waals surface area contributed by atoms with Crippen LogP contribution in [0, 0.1) is 11.3 Å². The minimum Gasteiger partial charge on any atom is -0.397 e. The van der Waals surface area contributed by atoms with Crippen molar-refractivity contribution < 1.29 is 0 Å². The summed E-state index contributed by atoms with van der Waals surface area (Å²) in [6.07, 6.45) is 4.69. The number of anilines is 1. The van der Waals surface area contributed by atoms with Crippen LogP contribution in [0.2, 0.25) is 0 Å². The summed E-state index contributed by atoms with van der Waals surface area (Å²) in [6.45, 7) is 0. The molecule has 2 aromatic rings. The molecule has 19 heavy (non-hydrogen) atoms. The molecule has 0 bridgehead atoms. The summed E-state index contributed by atoms with van der Waals surface area (Å²) in [6, 6.07) is 7.24. The Bertz CT molecular complexity index is 633. The van der Waals surface area contributed by atoms with E-state index in [2.05, 4.69) is 21.6 Å². The van der Waals surface area contributed by atoms with Crippen molar-refractivity contribution in [3.63, 3.8) is 0 Å². The molecule has 6 heteroatoms. The van der Waals surface area contributed by atoms with Crippen LogP contribution >= 0.6 is 0 Å². The average molecular weight is 254 g/mol. The molecule has 1 fully saturated rings. The summed E-state index contributed by atoms with van der Waals surface area (Å²) in [4.78, 5) is 0. The smallest absolute Gasteiger partial charge is 0.159 e. The van der Waals surface area contributed by atoms with Gasteiger partial charge in [0.15, 0.2) is 5.82 Å². The maximum atomic E-state index is 8.86. The number of nitrogen functional groups attached to an aromatic ring is 1. The van der Waals surface area contributed by atoms with Crippen LogP contribution in [0.4, 0.5) is 5.69 Å². The molecule has 1 aliphatic rings. The van der Waals surface area contributed by atoms with Gasteiger partial charge in [0.1, 0.15) is 0 Å². The lowest BCUT2D eigenvalue weighted by molar-refractivity contribution is 0.637. The third-order valence-corrected chi connectivity index (χ3v) is 3.60. The van der Waals surface area contributed by atoms with Crippen molar-refractivity contribution in [3.8, 4) is 11.8 Å². The summed E-state index contributed by atoms with van der Waals surface area (Å²) >= 11 is 0. The maximum Gasteiger partial charge on any atom is 0.159 e. The van der Waals surface area contributed by atoms with E-state index in [1.54, 1.807) is 22.9 Å². The highest BCUT2D eigenvalue weighted by Gasteiger charge is 2.24. The van der Waals surface area contributed by atoms with Gasteiger partial charge in [0.05, 0.1) is 23.0 Å². The first-order chi connectivity index (χ1) is 9.29. The van der Waals surface area contributed by atoms with E-state index < -0.39 is 0 Å². The number of nitriles is 1. The van der Waals surface area contributed by atoms with Gasteiger partial charge in [-0.3, -0.25) is 0 Å². The second kappa shape index (κ2) is 4.69. The predicted molar refractivity (Wildman–Crippen MR) is 69.5 cm³/mol. The normalized spacial score (nSPS) is 15.5. The lowest BCUT2D eigenvalue weighted by Crippen LogP contribution is -2.09. The second-order valence-corrected chi connectivity index (χ2v) is 4.82. The molecule has 1 aliphatic carbocycles. The van der Waals surface area contributed by atoms with Gasteiger partial charge in [-0.15, -0.1) is 5.10 Å². The van der Waals surface area contributed by atoms with Crippen LogP contribution in [-0.2, 0) is 0 Å². The zero-order chi connectivity index (χ0) is 13.2. The van der Waals surface area contributed by atoms with Gasteiger partial charge in [-0.2, -0.15) is 9.94 Å². The van der Waals surface area contributed by atoms with Crippen LogP contribution in [0.3, 0.4) is 0 Å². The first-order valence-corrected chi connectivity index (χ1v) is 6.38. The zero-order valence-electron chi connectivity index (χ0n) is 10.5. The summed E-state index contributed by atoms with van der Waals surface area (Å²) in [5.41, 5.74) is 7.79. The molecule has 0 atom stereocenters. The Balaban J connectivity index is 2.03. The van der Waals surface area contributed by atoms with Gasteiger partial charge in [0.2, 0.25) is 0 Å². The number of nitrogens with zero attached hydrogens (tertiary/aromatic N) is 5. The van der Waals surface area contributed by atoms with Crippen LogP contribution < -0.4 is 5.73 Å². The minimum absolute atomic E-state index is 0.407. The van der Waals surface area contributed by atoms with Crippen molar-refractivity contribution in [2.45, 2.75) is 31.6 Å². The van der Waals surface area contributed by atoms with E-state index >= 15 is 0 Å².